The third kappa shape index (κ3) is 2.47. The SMILES string of the molecule is Cc1cccc(C)c1-n1c(-c2ccc3cn4cccc4nc3c2)nc2ccccc21. The summed E-state index contributed by atoms with van der Waals surface area (Å²) in [4.78, 5) is 9.87. The van der Waals surface area contributed by atoms with Crippen LogP contribution >= 0.6 is 0 Å². The Kier molecular flexibility index (Phi) is 3.56. The number of hydrogen-bond donors (Lipinski definition) is 0. The first-order valence-electron chi connectivity index (χ1n) is 10.1. The quantitative estimate of drug-likeness (QED) is 0.359. The molecule has 0 fully saturated rings. The van der Waals surface area contributed by atoms with Crippen molar-refractivity contribution in [3.05, 3.63) is 96.3 Å². The first-order valence-corrected chi connectivity index (χ1v) is 10.1. The van der Waals surface area contributed by atoms with E-state index in [1.165, 1.54) is 16.8 Å². The zero-order valence-electron chi connectivity index (χ0n) is 16.9. The predicted molar refractivity (Wildman–Crippen MR) is 122 cm³/mol. The highest BCUT2D eigenvalue weighted by atomic mass is 15.1. The van der Waals surface area contributed by atoms with E-state index < -0.39 is 0 Å². The molecule has 0 unspecified atom stereocenters. The molecular formula is C26H20N4. The molecule has 144 valence electrons. The number of rotatable bonds is 2. The van der Waals surface area contributed by atoms with Crippen molar-refractivity contribution in [2.45, 2.75) is 13.8 Å². The van der Waals surface area contributed by atoms with Crippen LogP contribution in [0.1, 0.15) is 11.1 Å². The van der Waals surface area contributed by atoms with E-state index >= 15 is 0 Å². The number of nitrogens with zero attached hydrogens (tertiary/aromatic N) is 4. The Labute approximate surface area is 174 Å². The van der Waals surface area contributed by atoms with Gasteiger partial charge in [-0.25, -0.2) is 9.97 Å². The van der Waals surface area contributed by atoms with Crippen LogP contribution in [-0.2, 0) is 0 Å². The fourth-order valence-electron chi connectivity index (χ4n) is 4.35. The smallest absolute Gasteiger partial charge is 0.145 e. The second-order valence-corrected chi connectivity index (χ2v) is 7.79. The standard InChI is InChI=1S/C26H20N4/c1-17-7-5-8-18(2)25(17)30-23-10-4-3-9-21(23)28-26(30)19-12-13-20-16-29-14-6-11-24(29)27-22(20)15-19/h3-16H,1-2H3. The van der Waals surface area contributed by atoms with Crippen molar-refractivity contribution < 1.29 is 0 Å². The van der Waals surface area contributed by atoms with Gasteiger partial charge in [0, 0.05) is 23.3 Å². The Bertz CT molecular complexity index is 1550. The lowest BCUT2D eigenvalue weighted by molar-refractivity contribution is 1.06. The third-order valence-corrected chi connectivity index (χ3v) is 5.78. The number of benzene rings is 3. The fourth-order valence-corrected chi connectivity index (χ4v) is 4.35. The summed E-state index contributed by atoms with van der Waals surface area (Å²) >= 11 is 0. The normalized spacial score (nSPS) is 11.7. The van der Waals surface area contributed by atoms with Gasteiger partial charge < -0.3 is 4.40 Å². The first-order chi connectivity index (χ1) is 14.7. The average molecular weight is 388 g/mol. The fraction of sp³-hybridized carbons (Fsp3) is 0.0769. The Balaban J connectivity index is 1.67. The van der Waals surface area contributed by atoms with Crippen LogP contribution in [0.25, 0.3) is 44.7 Å². The van der Waals surface area contributed by atoms with Crippen molar-refractivity contribution in [2.24, 2.45) is 0 Å². The maximum atomic E-state index is 5.03. The molecule has 4 nitrogen and oxygen atoms in total. The summed E-state index contributed by atoms with van der Waals surface area (Å²) in [6.07, 6.45) is 4.14. The van der Waals surface area contributed by atoms with Crippen molar-refractivity contribution in [2.75, 3.05) is 0 Å². The van der Waals surface area contributed by atoms with Crippen LogP contribution in [0.3, 0.4) is 0 Å². The number of aryl methyl sites for hydroxylation is 2. The summed E-state index contributed by atoms with van der Waals surface area (Å²) in [5.41, 5.74) is 8.73. The molecule has 0 spiro atoms. The molecule has 0 N–H and O–H groups in total. The highest BCUT2D eigenvalue weighted by Gasteiger charge is 2.17. The minimum atomic E-state index is 0.938. The Morgan fingerprint density at radius 1 is 0.733 bits per heavy atom. The van der Waals surface area contributed by atoms with Crippen LogP contribution in [0.2, 0.25) is 0 Å². The van der Waals surface area contributed by atoms with Gasteiger partial charge in [-0.2, -0.15) is 0 Å². The molecule has 0 saturated carbocycles. The van der Waals surface area contributed by atoms with Crippen molar-refractivity contribution >= 4 is 27.6 Å². The summed E-state index contributed by atoms with van der Waals surface area (Å²) in [5, 5.41) is 1.11. The van der Waals surface area contributed by atoms with Crippen molar-refractivity contribution in [3.8, 4) is 17.1 Å². The molecule has 3 aromatic carbocycles. The minimum Gasteiger partial charge on any atom is -0.308 e. The summed E-state index contributed by atoms with van der Waals surface area (Å²) < 4.78 is 4.34. The molecule has 0 atom stereocenters. The molecule has 0 aliphatic heterocycles. The molecule has 0 aliphatic carbocycles. The number of fused-ring (bicyclic) bond motifs is 3. The molecular weight excluding hydrogens is 368 g/mol. The Morgan fingerprint density at radius 3 is 2.43 bits per heavy atom. The van der Waals surface area contributed by atoms with Gasteiger partial charge in [0.2, 0.25) is 0 Å². The molecule has 0 saturated heterocycles. The van der Waals surface area contributed by atoms with Gasteiger partial charge >= 0.3 is 0 Å². The van der Waals surface area contributed by atoms with Gasteiger partial charge in [0.15, 0.2) is 0 Å². The lowest BCUT2D eigenvalue weighted by atomic mass is 10.1. The van der Waals surface area contributed by atoms with Gasteiger partial charge in [-0.05, 0) is 55.3 Å². The number of imidazole rings is 1. The summed E-state index contributed by atoms with van der Waals surface area (Å²) in [7, 11) is 0. The second-order valence-electron chi connectivity index (χ2n) is 7.79. The molecule has 3 heterocycles. The number of para-hydroxylation sites is 3. The van der Waals surface area contributed by atoms with Crippen LogP contribution in [-0.4, -0.2) is 18.9 Å². The van der Waals surface area contributed by atoms with Crippen LogP contribution in [0.5, 0.6) is 0 Å². The number of aromatic nitrogens is 4. The maximum absolute atomic E-state index is 5.03. The van der Waals surface area contributed by atoms with Gasteiger partial charge in [0.1, 0.15) is 11.5 Å². The zero-order chi connectivity index (χ0) is 20.2. The monoisotopic (exact) mass is 388 g/mol. The third-order valence-electron chi connectivity index (χ3n) is 5.78. The van der Waals surface area contributed by atoms with E-state index in [-0.39, 0.29) is 0 Å². The van der Waals surface area contributed by atoms with Gasteiger partial charge in [-0.15, -0.1) is 0 Å². The Morgan fingerprint density at radius 2 is 1.57 bits per heavy atom. The van der Waals surface area contributed by atoms with Crippen molar-refractivity contribution in [1.82, 2.24) is 18.9 Å². The van der Waals surface area contributed by atoms with E-state index in [9.17, 15) is 0 Å². The lowest BCUT2D eigenvalue weighted by Gasteiger charge is -2.15. The maximum Gasteiger partial charge on any atom is 0.145 e. The van der Waals surface area contributed by atoms with E-state index in [1.807, 2.05) is 28.8 Å². The van der Waals surface area contributed by atoms with E-state index in [4.69, 9.17) is 9.97 Å². The highest BCUT2D eigenvalue weighted by Crippen LogP contribution is 2.32. The lowest BCUT2D eigenvalue weighted by Crippen LogP contribution is -2.02. The van der Waals surface area contributed by atoms with E-state index in [0.29, 0.717) is 0 Å². The molecule has 0 aliphatic rings. The van der Waals surface area contributed by atoms with Gasteiger partial charge in [0.05, 0.1) is 22.2 Å². The first kappa shape index (κ1) is 17.0. The van der Waals surface area contributed by atoms with Gasteiger partial charge in [0.25, 0.3) is 0 Å². The summed E-state index contributed by atoms with van der Waals surface area (Å²) in [5.74, 6) is 0.938. The van der Waals surface area contributed by atoms with Crippen LogP contribution < -0.4 is 0 Å². The molecule has 30 heavy (non-hydrogen) atoms. The van der Waals surface area contributed by atoms with E-state index in [0.717, 1.165) is 39.0 Å². The minimum absolute atomic E-state index is 0.938. The molecule has 0 amide bonds. The van der Waals surface area contributed by atoms with Crippen LogP contribution in [0.4, 0.5) is 0 Å². The van der Waals surface area contributed by atoms with Crippen LogP contribution in [0.15, 0.2) is 85.2 Å². The topological polar surface area (TPSA) is 35.1 Å². The Hall–Kier alpha value is -3.92. The molecule has 0 radical (unpaired) electrons. The zero-order valence-corrected chi connectivity index (χ0v) is 16.9. The highest BCUT2D eigenvalue weighted by molar-refractivity contribution is 5.88. The van der Waals surface area contributed by atoms with E-state index in [2.05, 4.69) is 79.2 Å². The molecule has 6 rings (SSSR count). The van der Waals surface area contributed by atoms with E-state index in [1.54, 1.807) is 0 Å². The predicted octanol–water partition coefficient (Wildman–Crippen LogP) is 6.11. The summed E-state index contributed by atoms with van der Waals surface area (Å²) in [6, 6.07) is 25.2. The summed E-state index contributed by atoms with van der Waals surface area (Å²) in [6.45, 7) is 4.32. The second kappa shape index (κ2) is 6.29. The number of hydrogen-bond acceptors (Lipinski definition) is 2. The molecule has 3 aromatic heterocycles. The molecule has 0 bridgehead atoms. The van der Waals surface area contributed by atoms with Crippen LogP contribution in [0, 0.1) is 13.8 Å². The van der Waals surface area contributed by atoms with Gasteiger partial charge in [-0.1, -0.05) is 42.5 Å². The van der Waals surface area contributed by atoms with Gasteiger partial charge in [-0.3, -0.25) is 4.57 Å². The average Bonchev–Trinajstić information content (AvgIpc) is 3.36. The molecule has 6 aromatic rings. The molecule has 4 heteroatoms. The largest absolute Gasteiger partial charge is 0.308 e. The van der Waals surface area contributed by atoms with Crippen molar-refractivity contribution in [1.29, 1.82) is 0 Å². The van der Waals surface area contributed by atoms with Crippen molar-refractivity contribution in [3.63, 3.8) is 0 Å².